The van der Waals surface area contributed by atoms with Crippen LogP contribution >= 0.6 is 0 Å². The zero-order chi connectivity index (χ0) is 7.78. The molecule has 0 aromatic rings. The molecule has 0 aromatic heterocycles. The minimum absolute atomic E-state index is 0.253. The van der Waals surface area contributed by atoms with Crippen LogP contribution in [0.25, 0.3) is 0 Å². The summed E-state index contributed by atoms with van der Waals surface area (Å²) in [6.07, 6.45) is -3.61. The zero-order valence-corrected chi connectivity index (χ0v) is 5.03. The van der Waals surface area contributed by atoms with Gasteiger partial charge in [-0.3, -0.25) is 0 Å². The molecule has 10 heavy (non-hydrogen) atoms. The third-order valence-corrected chi connectivity index (χ3v) is 1.39. The van der Waals surface area contributed by atoms with E-state index in [4.69, 9.17) is 0 Å². The van der Waals surface area contributed by atoms with Crippen LogP contribution in [0.2, 0.25) is 0 Å². The Balaban J connectivity index is 2.77. The molecule has 0 aliphatic heterocycles. The van der Waals surface area contributed by atoms with Crippen molar-refractivity contribution in [2.24, 2.45) is 0 Å². The second kappa shape index (κ2) is 2.25. The number of hydrogen-bond donors (Lipinski definition) is 0. The van der Waals surface area contributed by atoms with Crippen LogP contribution in [0.3, 0.4) is 0 Å². The molecule has 0 nitrogen and oxygen atoms in total. The van der Waals surface area contributed by atoms with Gasteiger partial charge in [0.2, 0.25) is 0 Å². The molecule has 0 saturated heterocycles. The maximum absolute atomic E-state index is 12.2. The summed E-state index contributed by atoms with van der Waals surface area (Å²) in [6.45, 7) is 0. The summed E-state index contributed by atoms with van der Waals surface area (Å²) in [4.78, 5) is 0. The van der Waals surface area contributed by atoms with Crippen LogP contribution in [0.4, 0.5) is 17.6 Å². The van der Waals surface area contributed by atoms with Crippen molar-refractivity contribution >= 4 is 0 Å². The number of halogens is 4. The van der Waals surface area contributed by atoms with Crippen molar-refractivity contribution in [3.05, 3.63) is 12.2 Å². The molecular formula is C6H6F4. The van der Waals surface area contributed by atoms with Crippen LogP contribution in [0, 0.1) is 0 Å². The fourth-order valence-electron chi connectivity index (χ4n) is 0.808. The Morgan fingerprint density at radius 3 is 2.30 bits per heavy atom. The molecule has 0 saturated carbocycles. The number of hydrogen-bond acceptors (Lipinski definition) is 0. The number of rotatable bonds is 0. The third kappa shape index (κ3) is 1.15. The fraction of sp³-hybridized carbons (Fsp3) is 0.667. The molecule has 2 atom stereocenters. The van der Waals surface area contributed by atoms with Gasteiger partial charge in [0.25, 0.3) is 5.92 Å². The van der Waals surface area contributed by atoms with Crippen LogP contribution < -0.4 is 0 Å². The van der Waals surface area contributed by atoms with Gasteiger partial charge in [-0.2, -0.15) is 8.78 Å². The molecule has 0 radical (unpaired) electrons. The summed E-state index contributed by atoms with van der Waals surface area (Å²) >= 11 is 0. The minimum atomic E-state index is -3.61. The predicted molar refractivity (Wildman–Crippen MR) is 28.5 cm³/mol. The van der Waals surface area contributed by atoms with Crippen molar-refractivity contribution in [2.75, 3.05) is 0 Å². The van der Waals surface area contributed by atoms with Gasteiger partial charge < -0.3 is 0 Å². The van der Waals surface area contributed by atoms with Crippen molar-refractivity contribution in [2.45, 2.75) is 24.7 Å². The van der Waals surface area contributed by atoms with Crippen LogP contribution in [0.1, 0.15) is 6.42 Å². The first-order valence-electron chi connectivity index (χ1n) is 2.87. The molecule has 0 aromatic carbocycles. The summed E-state index contributed by atoms with van der Waals surface area (Å²) < 4.78 is 48.6. The Morgan fingerprint density at radius 2 is 1.90 bits per heavy atom. The smallest absolute Gasteiger partial charge is 0.244 e. The van der Waals surface area contributed by atoms with Crippen LogP contribution in [-0.2, 0) is 0 Å². The van der Waals surface area contributed by atoms with Gasteiger partial charge in [0.15, 0.2) is 6.17 Å². The van der Waals surface area contributed by atoms with Crippen LogP contribution in [-0.4, -0.2) is 18.3 Å². The SMILES string of the molecule is FC1CC=CC(F)(F)C1F. The Labute approximate surface area is 55.5 Å². The third-order valence-electron chi connectivity index (χ3n) is 1.39. The molecule has 0 bridgehead atoms. The normalized spacial score (nSPS) is 38.0. The first-order valence-corrected chi connectivity index (χ1v) is 2.87. The Morgan fingerprint density at radius 1 is 1.30 bits per heavy atom. The van der Waals surface area contributed by atoms with Crippen molar-refractivity contribution < 1.29 is 17.6 Å². The largest absolute Gasteiger partial charge is 0.299 e. The summed E-state index contributed by atoms with van der Waals surface area (Å²) in [5.41, 5.74) is 0. The van der Waals surface area contributed by atoms with Crippen molar-refractivity contribution in [3.8, 4) is 0 Å². The second-order valence-corrected chi connectivity index (χ2v) is 2.23. The lowest BCUT2D eigenvalue weighted by Gasteiger charge is -2.23. The lowest BCUT2D eigenvalue weighted by Crippen LogP contribution is -2.38. The highest BCUT2D eigenvalue weighted by Gasteiger charge is 2.45. The van der Waals surface area contributed by atoms with E-state index in [2.05, 4.69) is 0 Å². The highest BCUT2D eigenvalue weighted by atomic mass is 19.3. The van der Waals surface area contributed by atoms with Gasteiger partial charge in [0, 0.05) is 0 Å². The monoisotopic (exact) mass is 154 g/mol. The zero-order valence-electron chi connectivity index (χ0n) is 5.03. The van der Waals surface area contributed by atoms with Crippen LogP contribution in [0.15, 0.2) is 12.2 Å². The Kier molecular flexibility index (Phi) is 1.70. The number of allylic oxidation sites excluding steroid dienone is 2. The molecule has 58 valence electrons. The van der Waals surface area contributed by atoms with Gasteiger partial charge in [0.1, 0.15) is 6.17 Å². The summed E-state index contributed by atoms with van der Waals surface area (Å²) in [5, 5.41) is 0. The predicted octanol–water partition coefficient (Wildman–Crippen LogP) is 2.26. The van der Waals surface area contributed by atoms with Crippen molar-refractivity contribution in [1.29, 1.82) is 0 Å². The van der Waals surface area contributed by atoms with Gasteiger partial charge >= 0.3 is 0 Å². The summed E-state index contributed by atoms with van der Waals surface area (Å²) in [6, 6.07) is 0. The molecule has 0 amide bonds. The van der Waals surface area contributed by atoms with E-state index < -0.39 is 18.3 Å². The highest BCUT2D eigenvalue weighted by Crippen LogP contribution is 2.32. The standard InChI is InChI=1S/C6H6F4/c7-4-2-1-3-6(9,10)5(4)8/h1,3-5H,2H2. The first-order chi connectivity index (χ1) is 4.54. The van der Waals surface area contributed by atoms with Crippen molar-refractivity contribution in [3.63, 3.8) is 0 Å². The Hall–Kier alpha value is -0.540. The van der Waals surface area contributed by atoms with E-state index in [1.54, 1.807) is 0 Å². The molecule has 4 heteroatoms. The molecule has 0 spiro atoms. The molecule has 1 aliphatic carbocycles. The second-order valence-electron chi connectivity index (χ2n) is 2.23. The highest BCUT2D eigenvalue weighted by molar-refractivity contribution is 5.07. The fourth-order valence-corrected chi connectivity index (χ4v) is 0.808. The van der Waals surface area contributed by atoms with E-state index in [0.29, 0.717) is 6.08 Å². The van der Waals surface area contributed by atoms with Gasteiger partial charge in [-0.05, 0) is 12.5 Å². The Bertz CT molecular complexity index is 152. The topological polar surface area (TPSA) is 0 Å². The first kappa shape index (κ1) is 7.57. The summed E-state index contributed by atoms with van der Waals surface area (Å²) in [5.74, 6) is -3.61. The minimum Gasteiger partial charge on any atom is -0.244 e. The number of alkyl halides is 4. The van der Waals surface area contributed by atoms with E-state index in [-0.39, 0.29) is 6.42 Å². The average Bonchev–Trinajstić information content (AvgIpc) is 1.83. The quantitative estimate of drug-likeness (QED) is 0.371. The molecule has 1 rings (SSSR count). The maximum Gasteiger partial charge on any atom is 0.299 e. The summed E-state index contributed by atoms with van der Waals surface area (Å²) in [7, 11) is 0. The molecule has 0 heterocycles. The van der Waals surface area contributed by atoms with Gasteiger partial charge in [-0.25, -0.2) is 8.78 Å². The van der Waals surface area contributed by atoms with Gasteiger partial charge in [-0.15, -0.1) is 0 Å². The molecule has 0 fully saturated rings. The van der Waals surface area contributed by atoms with E-state index in [1.807, 2.05) is 0 Å². The maximum atomic E-state index is 12.2. The van der Waals surface area contributed by atoms with E-state index in [1.165, 1.54) is 0 Å². The van der Waals surface area contributed by atoms with Crippen molar-refractivity contribution in [1.82, 2.24) is 0 Å². The lowest BCUT2D eigenvalue weighted by atomic mass is 10.0. The average molecular weight is 154 g/mol. The molecular weight excluding hydrogens is 148 g/mol. The van der Waals surface area contributed by atoms with Gasteiger partial charge in [-0.1, -0.05) is 6.08 Å². The molecule has 1 aliphatic rings. The van der Waals surface area contributed by atoms with E-state index >= 15 is 0 Å². The lowest BCUT2D eigenvalue weighted by molar-refractivity contribution is -0.0661. The van der Waals surface area contributed by atoms with E-state index in [9.17, 15) is 17.6 Å². The molecule has 0 N–H and O–H groups in total. The molecule has 2 unspecified atom stereocenters. The van der Waals surface area contributed by atoms with Gasteiger partial charge in [0.05, 0.1) is 0 Å². The van der Waals surface area contributed by atoms with Crippen LogP contribution in [0.5, 0.6) is 0 Å². The van der Waals surface area contributed by atoms with E-state index in [0.717, 1.165) is 6.08 Å².